The summed E-state index contributed by atoms with van der Waals surface area (Å²) >= 11 is 0. The van der Waals surface area contributed by atoms with Gasteiger partial charge >= 0.3 is 0 Å². The summed E-state index contributed by atoms with van der Waals surface area (Å²) in [4.78, 5) is 5.41. The highest BCUT2D eigenvalue weighted by atomic mass is 16.7. The number of hydrogen-bond acceptors (Lipinski definition) is 5. The van der Waals surface area contributed by atoms with Gasteiger partial charge in [0.1, 0.15) is 0 Å². The minimum Gasteiger partial charge on any atom is -0.396 e. The standard InChI is InChI=1S/C10H18N4O2/c11-9-5-12-13(6-9)7-10(15)8-14-3-1-2-4-16-14/h5-6,10,15H,1-4,7-8,11H2. The highest BCUT2D eigenvalue weighted by Gasteiger charge is 2.15. The number of hydroxylamine groups is 2. The molecule has 0 aliphatic carbocycles. The van der Waals surface area contributed by atoms with Crippen LogP contribution in [-0.2, 0) is 11.4 Å². The van der Waals surface area contributed by atoms with Crippen molar-refractivity contribution in [1.82, 2.24) is 14.8 Å². The van der Waals surface area contributed by atoms with Gasteiger partial charge in [-0.2, -0.15) is 10.2 Å². The topological polar surface area (TPSA) is 76.5 Å². The van der Waals surface area contributed by atoms with E-state index in [-0.39, 0.29) is 0 Å². The molecule has 6 heteroatoms. The van der Waals surface area contributed by atoms with Crippen molar-refractivity contribution in [3.63, 3.8) is 0 Å². The summed E-state index contributed by atoms with van der Waals surface area (Å²) in [5.41, 5.74) is 6.15. The lowest BCUT2D eigenvalue weighted by atomic mass is 10.3. The van der Waals surface area contributed by atoms with Gasteiger partial charge in [0.15, 0.2) is 0 Å². The first-order chi connectivity index (χ1) is 7.74. The molecule has 0 amide bonds. The van der Waals surface area contributed by atoms with E-state index in [0.29, 0.717) is 18.8 Å². The Bertz CT molecular complexity index is 322. The SMILES string of the molecule is Nc1cnn(CC(O)CN2CCCCO2)c1. The molecular weight excluding hydrogens is 208 g/mol. The van der Waals surface area contributed by atoms with Gasteiger partial charge < -0.3 is 10.8 Å². The van der Waals surface area contributed by atoms with Gasteiger partial charge in [0, 0.05) is 12.7 Å². The Morgan fingerprint density at radius 2 is 2.38 bits per heavy atom. The van der Waals surface area contributed by atoms with Crippen LogP contribution in [0.4, 0.5) is 5.69 Å². The van der Waals surface area contributed by atoms with Gasteiger partial charge in [-0.15, -0.1) is 0 Å². The zero-order valence-corrected chi connectivity index (χ0v) is 9.25. The predicted molar refractivity (Wildman–Crippen MR) is 59.4 cm³/mol. The van der Waals surface area contributed by atoms with Gasteiger partial charge in [0.25, 0.3) is 0 Å². The summed E-state index contributed by atoms with van der Waals surface area (Å²) in [7, 11) is 0. The van der Waals surface area contributed by atoms with Crippen molar-refractivity contribution in [3.8, 4) is 0 Å². The molecule has 1 aliphatic rings. The number of β-amino-alcohol motifs (C(OH)–C–C–N with tert-alkyl or cyclic N) is 1. The molecule has 16 heavy (non-hydrogen) atoms. The van der Waals surface area contributed by atoms with Crippen LogP contribution in [-0.4, -0.2) is 45.8 Å². The minimum absolute atomic E-state index is 0.442. The van der Waals surface area contributed by atoms with Crippen molar-refractivity contribution in [3.05, 3.63) is 12.4 Å². The molecule has 1 unspecified atom stereocenters. The monoisotopic (exact) mass is 226 g/mol. The molecular formula is C10H18N4O2. The van der Waals surface area contributed by atoms with Crippen molar-refractivity contribution >= 4 is 5.69 Å². The van der Waals surface area contributed by atoms with Gasteiger partial charge in [-0.25, -0.2) is 0 Å². The molecule has 1 aliphatic heterocycles. The van der Waals surface area contributed by atoms with E-state index in [1.54, 1.807) is 17.1 Å². The molecule has 90 valence electrons. The Labute approximate surface area is 94.5 Å². The minimum atomic E-state index is -0.489. The molecule has 0 saturated carbocycles. The summed E-state index contributed by atoms with van der Waals surface area (Å²) in [6.07, 6.45) is 5.02. The van der Waals surface area contributed by atoms with Crippen LogP contribution in [0.25, 0.3) is 0 Å². The molecule has 0 radical (unpaired) electrons. The third kappa shape index (κ3) is 3.19. The Morgan fingerprint density at radius 1 is 1.50 bits per heavy atom. The third-order valence-electron chi connectivity index (χ3n) is 2.54. The quantitative estimate of drug-likeness (QED) is 0.747. The van der Waals surface area contributed by atoms with Crippen LogP contribution < -0.4 is 5.73 Å². The first-order valence-corrected chi connectivity index (χ1v) is 5.58. The van der Waals surface area contributed by atoms with E-state index in [4.69, 9.17) is 10.6 Å². The van der Waals surface area contributed by atoms with E-state index in [1.807, 2.05) is 5.06 Å². The molecule has 0 spiro atoms. The predicted octanol–water partition coefficient (Wildman–Crippen LogP) is -0.146. The van der Waals surface area contributed by atoms with E-state index < -0.39 is 6.10 Å². The van der Waals surface area contributed by atoms with Crippen molar-refractivity contribution in [2.24, 2.45) is 0 Å². The lowest BCUT2D eigenvalue weighted by molar-refractivity contribution is -0.193. The molecule has 1 aromatic heterocycles. The maximum absolute atomic E-state index is 9.84. The smallest absolute Gasteiger partial charge is 0.0886 e. The summed E-state index contributed by atoms with van der Waals surface area (Å²) in [5.74, 6) is 0. The molecule has 6 nitrogen and oxygen atoms in total. The highest BCUT2D eigenvalue weighted by molar-refractivity contribution is 5.30. The number of nitrogens with two attached hydrogens (primary N) is 1. The Balaban J connectivity index is 1.77. The Kier molecular flexibility index (Phi) is 3.76. The first-order valence-electron chi connectivity index (χ1n) is 5.58. The van der Waals surface area contributed by atoms with Crippen LogP contribution >= 0.6 is 0 Å². The van der Waals surface area contributed by atoms with Crippen molar-refractivity contribution < 1.29 is 9.94 Å². The Morgan fingerprint density at radius 3 is 3.00 bits per heavy atom. The van der Waals surface area contributed by atoms with Gasteiger partial charge in [0.05, 0.1) is 37.7 Å². The number of hydrogen-bond donors (Lipinski definition) is 2. The molecule has 1 aromatic rings. The van der Waals surface area contributed by atoms with Crippen molar-refractivity contribution in [1.29, 1.82) is 0 Å². The zero-order chi connectivity index (χ0) is 11.4. The average Bonchev–Trinajstić information content (AvgIpc) is 2.65. The normalized spacial score (nSPS) is 19.8. The zero-order valence-electron chi connectivity index (χ0n) is 9.25. The molecule has 0 aromatic carbocycles. The number of nitrogen functional groups attached to an aromatic ring is 1. The second-order valence-corrected chi connectivity index (χ2v) is 4.08. The summed E-state index contributed by atoms with van der Waals surface area (Å²) in [5, 5.41) is 15.7. The second kappa shape index (κ2) is 5.29. The summed E-state index contributed by atoms with van der Waals surface area (Å²) in [6, 6.07) is 0. The van der Waals surface area contributed by atoms with Crippen LogP contribution in [0.5, 0.6) is 0 Å². The molecule has 2 rings (SSSR count). The lowest BCUT2D eigenvalue weighted by Gasteiger charge is -2.27. The number of rotatable bonds is 4. The molecule has 1 fully saturated rings. The third-order valence-corrected chi connectivity index (χ3v) is 2.54. The number of anilines is 1. The largest absolute Gasteiger partial charge is 0.396 e. The van der Waals surface area contributed by atoms with Crippen molar-refractivity contribution in [2.75, 3.05) is 25.4 Å². The van der Waals surface area contributed by atoms with E-state index >= 15 is 0 Å². The van der Waals surface area contributed by atoms with Crippen LogP contribution in [0.15, 0.2) is 12.4 Å². The van der Waals surface area contributed by atoms with Crippen LogP contribution in [0, 0.1) is 0 Å². The van der Waals surface area contributed by atoms with Gasteiger partial charge in [-0.05, 0) is 12.8 Å². The molecule has 2 heterocycles. The van der Waals surface area contributed by atoms with Gasteiger partial charge in [0.2, 0.25) is 0 Å². The lowest BCUT2D eigenvalue weighted by Crippen LogP contribution is -2.38. The molecule has 1 atom stereocenters. The number of nitrogens with zero attached hydrogens (tertiary/aromatic N) is 3. The fourth-order valence-corrected chi connectivity index (χ4v) is 1.78. The first kappa shape index (κ1) is 11.4. The number of aromatic nitrogens is 2. The number of aliphatic hydroxyl groups excluding tert-OH is 1. The van der Waals surface area contributed by atoms with E-state index in [0.717, 1.165) is 26.0 Å². The molecule has 3 N–H and O–H groups in total. The fraction of sp³-hybridized carbons (Fsp3) is 0.700. The average molecular weight is 226 g/mol. The van der Waals surface area contributed by atoms with E-state index in [1.165, 1.54) is 0 Å². The van der Waals surface area contributed by atoms with Gasteiger partial charge in [-0.1, -0.05) is 0 Å². The fourth-order valence-electron chi connectivity index (χ4n) is 1.78. The molecule has 1 saturated heterocycles. The summed E-state index contributed by atoms with van der Waals surface area (Å²) in [6.45, 7) is 2.59. The Hall–Kier alpha value is -1.11. The summed E-state index contributed by atoms with van der Waals surface area (Å²) < 4.78 is 1.64. The van der Waals surface area contributed by atoms with Gasteiger partial charge in [-0.3, -0.25) is 9.52 Å². The van der Waals surface area contributed by atoms with Crippen molar-refractivity contribution in [2.45, 2.75) is 25.5 Å². The van der Waals surface area contributed by atoms with Crippen LogP contribution in [0.2, 0.25) is 0 Å². The van der Waals surface area contributed by atoms with Crippen LogP contribution in [0.3, 0.4) is 0 Å². The van der Waals surface area contributed by atoms with E-state index in [2.05, 4.69) is 5.10 Å². The van der Waals surface area contributed by atoms with Crippen LogP contribution in [0.1, 0.15) is 12.8 Å². The maximum atomic E-state index is 9.84. The highest BCUT2D eigenvalue weighted by Crippen LogP contribution is 2.07. The maximum Gasteiger partial charge on any atom is 0.0886 e. The molecule has 0 bridgehead atoms. The van der Waals surface area contributed by atoms with E-state index in [9.17, 15) is 5.11 Å². The second-order valence-electron chi connectivity index (χ2n) is 4.08. The number of aliphatic hydroxyl groups is 1.